The van der Waals surface area contributed by atoms with Crippen LogP contribution in [0.3, 0.4) is 0 Å². The zero-order valence-corrected chi connectivity index (χ0v) is 8.77. The van der Waals surface area contributed by atoms with Crippen molar-refractivity contribution < 1.29 is 5.11 Å². The largest absolute Gasteiger partial charge is 0.399 e. The molecule has 0 bridgehead atoms. The van der Waals surface area contributed by atoms with Gasteiger partial charge in [0.15, 0.2) is 0 Å². The van der Waals surface area contributed by atoms with Crippen LogP contribution in [-0.2, 0) is 0 Å². The van der Waals surface area contributed by atoms with Crippen molar-refractivity contribution in [1.82, 2.24) is 0 Å². The van der Waals surface area contributed by atoms with E-state index < -0.39 is 0 Å². The Kier molecular flexibility index (Phi) is 3.77. The lowest BCUT2D eigenvalue weighted by Crippen LogP contribution is -2.33. The molecule has 14 heavy (non-hydrogen) atoms. The number of aliphatic hydroxyl groups excluding tert-OH is 1. The Morgan fingerprint density at radius 3 is 2.29 bits per heavy atom. The van der Waals surface area contributed by atoms with E-state index in [4.69, 9.17) is 10.8 Å². The molecule has 3 heteroatoms. The quantitative estimate of drug-likeness (QED) is 0.714. The Bertz CT molecular complexity index is 269. The molecule has 0 spiro atoms. The maximum Gasteiger partial charge on any atom is 0.0606 e. The number of anilines is 2. The molecule has 3 nitrogen and oxygen atoms in total. The molecule has 0 saturated heterocycles. The first kappa shape index (κ1) is 10.9. The molecule has 0 aliphatic carbocycles. The lowest BCUT2D eigenvalue weighted by atomic mass is 10.2. The predicted octanol–water partition coefficient (Wildman–Crippen LogP) is 1.48. The van der Waals surface area contributed by atoms with Gasteiger partial charge in [-0.3, -0.25) is 0 Å². The Morgan fingerprint density at radius 1 is 1.29 bits per heavy atom. The molecule has 1 aromatic carbocycles. The third-order valence-electron chi connectivity index (χ3n) is 2.19. The van der Waals surface area contributed by atoms with Gasteiger partial charge in [0.2, 0.25) is 0 Å². The minimum absolute atomic E-state index is 0.169. The summed E-state index contributed by atoms with van der Waals surface area (Å²) >= 11 is 0. The van der Waals surface area contributed by atoms with Crippen molar-refractivity contribution in [1.29, 1.82) is 0 Å². The standard InChI is InChI=1S/C11H18N2O/c1-9(2)13(7-8-14)11-5-3-10(12)4-6-11/h3-6,9,14H,7-8,12H2,1-2H3. The van der Waals surface area contributed by atoms with E-state index in [-0.39, 0.29) is 6.61 Å². The SMILES string of the molecule is CC(C)N(CCO)c1ccc(N)cc1. The van der Waals surface area contributed by atoms with E-state index in [1.807, 2.05) is 24.3 Å². The highest BCUT2D eigenvalue weighted by Gasteiger charge is 2.08. The van der Waals surface area contributed by atoms with E-state index in [2.05, 4.69) is 18.7 Å². The van der Waals surface area contributed by atoms with Crippen molar-refractivity contribution in [2.45, 2.75) is 19.9 Å². The van der Waals surface area contributed by atoms with Crippen LogP contribution < -0.4 is 10.6 Å². The van der Waals surface area contributed by atoms with Crippen LogP contribution in [0.4, 0.5) is 11.4 Å². The van der Waals surface area contributed by atoms with Gasteiger partial charge in [0.1, 0.15) is 0 Å². The number of hydrogen-bond donors (Lipinski definition) is 2. The second-order valence-electron chi connectivity index (χ2n) is 3.60. The molecule has 1 aromatic rings. The van der Waals surface area contributed by atoms with Crippen LogP contribution in [0.5, 0.6) is 0 Å². The van der Waals surface area contributed by atoms with Crippen LogP contribution in [0.25, 0.3) is 0 Å². The first-order valence-electron chi connectivity index (χ1n) is 4.88. The second kappa shape index (κ2) is 4.86. The molecule has 3 N–H and O–H groups in total. The van der Waals surface area contributed by atoms with Gasteiger partial charge in [0.25, 0.3) is 0 Å². The molecule has 0 aromatic heterocycles. The third kappa shape index (κ3) is 2.64. The first-order valence-corrected chi connectivity index (χ1v) is 4.88. The highest BCUT2D eigenvalue weighted by atomic mass is 16.3. The Balaban J connectivity index is 2.82. The van der Waals surface area contributed by atoms with E-state index in [0.29, 0.717) is 12.6 Å². The number of nitrogens with zero attached hydrogens (tertiary/aromatic N) is 1. The van der Waals surface area contributed by atoms with Crippen LogP contribution in [0.15, 0.2) is 24.3 Å². The number of benzene rings is 1. The summed E-state index contributed by atoms with van der Waals surface area (Å²) < 4.78 is 0. The number of nitrogen functional groups attached to an aromatic ring is 1. The smallest absolute Gasteiger partial charge is 0.0606 e. The monoisotopic (exact) mass is 194 g/mol. The summed E-state index contributed by atoms with van der Waals surface area (Å²) in [4.78, 5) is 2.14. The Labute approximate surface area is 85.2 Å². The first-order chi connectivity index (χ1) is 6.65. The summed E-state index contributed by atoms with van der Waals surface area (Å²) in [5.74, 6) is 0. The molecule has 0 heterocycles. The molecule has 0 amide bonds. The maximum absolute atomic E-state index is 8.94. The summed E-state index contributed by atoms with van der Waals surface area (Å²) in [6.45, 7) is 5.03. The molecule has 0 fully saturated rings. The molecule has 0 aliphatic heterocycles. The van der Waals surface area contributed by atoms with Crippen molar-refractivity contribution in [3.8, 4) is 0 Å². The van der Waals surface area contributed by atoms with E-state index >= 15 is 0 Å². The zero-order chi connectivity index (χ0) is 10.6. The molecular weight excluding hydrogens is 176 g/mol. The normalized spacial score (nSPS) is 10.6. The Morgan fingerprint density at radius 2 is 1.86 bits per heavy atom. The Hall–Kier alpha value is -1.22. The van der Waals surface area contributed by atoms with Crippen LogP contribution in [0.2, 0.25) is 0 Å². The summed E-state index contributed by atoms with van der Waals surface area (Å²) in [5.41, 5.74) is 7.47. The van der Waals surface area contributed by atoms with Gasteiger partial charge >= 0.3 is 0 Å². The molecule has 0 aliphatic rings. The maximum atomic E-state index is 8.94. The summed E-state index contributed by atoms with van der Waals surface area (Å²) in [6, 6.07) is 8.09. The summed E-state index contributed by atoms with van der Waals surface area (Å²) in [6.07, 6.45) is 0. The van der Waals surface area contributed by atoms with E-state index in [1.165, 1.54) is 0 Å². The fourth-order valence-corrected chi connectivity index (χ4v) is 1.46. The highest BCUT2D eigenvalue weighted by Crippen LogP contribution is 2.18. The van der Waals surface area contributed by atoms with Gasteiger partial charge in [0.05, 0.1) is 6.61 Å². The number of hydrogen-bond acceptors (Lipinski definition) is 3. The third-order valence-corrected chi connectivity index (χ3v) is 2.19. The minimum Gasteiger partial charge on any atom is -0.399 e. The molecule has 0 atom stereocenters. The van der Waals surface area contributed by atoms with Crippen molar-refractivity contribution in [3.05, 3.63) is 24.3 Å². The predicted molar refractivity (Wildman–Crippen MR) is 60.4 cm³/mol. The average Bonchev–Trinajstić information content (AvgIpc) is 2.15. The van der Waals surface area contributed by atoms with Crippen LogP contribution in [0, 0.1) is 0 Å². The van der Waals surface area contributed by atoms with Gasteiger partial charge in [-0.15, -0.1) is 0 Å². The summed E-state index contributed by atoms with van der Waals surface area (Å²) in [5, 5.41) is 8.94. The average molecular weight is 194 g/mol. The van der Waals surface area contributed by atoms with Crippen LogP contribution in [0.1, 0.15) is 13.8 Å². The van der Waals surface area contributed by atoms with Gasteiger partial charge in [-0.25, -0.2) is 0 Å². The molecule has 78 valence electrons. The summed E-state index contributed by atoms with van der Waals surface area (Å²) in [7, 11) is 0. The lowest BCUT2D eigenvalue weighted by Gasteiger charge is -2.28. The molecule has 0 radical (unpaired) electrons. The molecular formula is C11H18N2O. The van der Waals surface area contributed by atoms with E-state index in [0.717, 1.165) is 11.4 Å². The van der Waals surface area contributed by atoms with E-state index in [1.54, 1.807) is 0 Å². The second-order valence-corrected chi connectivity index (χ2v) is 3.60. The van der Waals surface area contributed by atoms with Crippen molar-refractivity contribution >= 4 is 11.4 Å². The van der Waals surface area contributed by atoms with Gasteiger partial charge in [-0.1, -0.05) is 0 Å². The zero-order valence-electron chi connectivity index (χ0n) is 8.77. The van der Waals surface area contributed by atoms with E-state index in [9.17, 15) is 0 Å². The fraction of sp³-hybridized carbons (Fsp3) is 0.455. The van der Waals surface area contributed by atoms with Gasteiger partial charge in [0, 0.05) is 24.0 Å². The van der Waals surface area contributed by atoms with Gasteiger partial charge in [-0.2, -0.15) is 0 Å². The highest BCUT2D eigenvalue weighted by molar-refractivity contribution is 5.53. The fourth-order valence-electron chi connectivity index (χ4n) is 1.46. The van der Waals surface area contributed by atoms with Crippen molar-refractivity contribution in [2.24, 2.45) is 0 Å². The molecule has 0 unspecified atom stereocenters. The number of aliphatic hydroxyl groups is 1. The van der Waals surface area contributed by atoms with Gasteiger partial charge < -0.3 is 15.7 Å². The number of rotatable bonds is 4. The molecule has 1 rings (SSSR count). The van der Waals surface area contributed by atoms with Crippen LogP contribution >= 0.6 is 0 Å². The topological polar surface area (TPSA) is 49.5 Å². The molecule has 0 saturated carbocycles. The van der Waals surface area contributed by atoms with Crippen molar-refractivity contribution in [2.75, 3.05) is 23.8 Å². The van der Waals surface area contributed by atoms with Crippen molar-refractivity contribution in [3.63, 3.8) is 0 Å². The van der Waals surface area contributed by atoms with Crippen LogP contribution in [-0.4, -0.2) is 24.3 Å². The number of nitrogens with two attached hydrogens (primary N) is 1. The lowest BCUT2D eigenvalue weighted by molar-refractivity contribution is 0.299. The minimum atomic E-state index is 0.169. The van der Waals surface area contributed by atoms with Gasteiger partial charge in [-0.05, 0) is 38.1 Å².